The van der Waals surface area contributed by atoms with E-state index in [1.807, 2.05) is 6.92 Å². The van der Waals surface area contributed by atoms with E-state index < -0.39 is 0 Å². The Kier molecular flexibility index (Phi) is 3.84. The van der Waals surface area contributed by atoms with Crippen LogP contribution in [0.1, 0.15) is 25.2 Å². The van der Waals surface area contributed by atoms with Crippen LogP contribution in [0.4, 0.5) is 0 Å². The van der Waals surface area contributed by atoms with Crippen molar-refractivity contribution in [2.75, 3.05) is 19.7 Å². The highest BCUT2D eigenvalue weighted by molar-refractivity contribution is 5.06. The molecule has 1 atom stereocenters. The van der Waals surface area contributed by atoms with Crippen LogP contribution in [0.25, 0.3) is 0 Å². The second kappa shape index (κ2) is 5.19. The molecule has 96 valence electrons. The maximum atomic E-state index is 5.82. The fourth-order valence-corrected chi connectivity index (χ4v) is 2.37. The maximum Gasteiger partial charge on any atom is 0.0898 e. The number of morpholine rings is 1. The second-order valence-corrected chi connectivity index (χ2v) is 5.19. The highest BCUT2D eigenvalue weighted by Crippen LogP contribution is 2.12. The Morgan fingerprint density at radius 3 is 2.82 bits per heavy atom. The van der Waals surface area contributed by atoms with Crippen LogP contribution in [0, 0.1) is 13.8 Å². The number of aromatic nitrogens is 2. The average Bonchev–Trinajstić information content (AvgIpc) is 2.58. The minimum Gasteiger partial charge on any atom is -0.374 e. The number of nitrogens with zero attached hydrogens (tertiary/aromatic N) is 3. The predicted octanol–water partition coefficient (Wildman–Crippen LogP) is 1.61. The van der Waals surface area contributed by atoms with E-state index >= 15 is 0 Å². The van der Waals surface area contributed by atoms with Crippen molar-refractivity contribution in [2.24, 2.45) is 0 Å². The van der Waals surface area contributed by atoms with Crippen LogP contribution in [0.2, 0.25) is 0 Å². The van der Waals surface area contributed by atoms with Crippen molar-refractivity contribution in [1.82, 2.24) is 14.7 Å². The lowest BCUT2D eigenvalue weighted by Gasteiger charge is -2.35. The normalized spacial score (nSPS) is 22.3. The van der Waals surface area contributed by atoms with Crippen molar-refractivity contribution in [3.63, 3.8) is 0 Å². The maximum absolute atomic E-state index is 5.82. The van der Waals surface area contributed by atoms with Gasteiger partial charge in [0, 0.05) is 24.8 Å². The Hall–Kier alpha value is -0.870. The summed E-state index contributed by atoms with van der Waals surface area (Å²) in [5, 5.41) is 4.49. The summed E-state index contributed by atoms with van der Waals surface area (Å²) in [6, 6.07) is 2.71. The van der Waals surface area contributed by atoms with E-state index in [9.17, 15) is 0 Å². The summed E-state index contributed by atoms with van der Waals surface area (Å²) in [6.45, 7) is 12.4. The minimum absolute atomic E-state index is 0.268. The van der Waals surface area contributed by atoms with Gasteiger partial charge in [-0.25, -0.2) is 0 Å². The summed E-state index contributed by atoms with van der Waals surface area (Å²) in [5.41, 5.74) is 2.30. The van der Waals surface area contributed by atoms with Crippen LogP contribution in [0.5, 0.6) is 0 Å². The molecule has 4 nitrogen and oxygen atoms in total. The molecule has 0 N–H and O–H groups in total. The molecule has 4 heteroatoms. The number of hydrogen-bond donors (Lipinski definition) is 0. The van der Waals surface area contributed by atoms with Gasteiger partial charge in [0.15, 0.2) is 0 Å². The van der Waals surface area contributed by atoms with Gasteiger partial charge in [-0.1, -0.05) is 0 Å². The average molecular weight is 237 g/mol. The summed E-state index contributed by atoms with van der Waals surface area (Å²) in [6.07, 6.45) is 0.268. The molecule has 2 rings (SSSR count). The summed E-state index contributed by atoms with van der Waals surface area (Å²) in [7, 11) is 0. The first-order valence-electron chi connectivity index (χ1n) is 6.43. The Labute approximate surface area is 104 Å². The van der Waals surface area contributed by atoms with Gasteiger partial charge >= 0.3 is 0 Å². The summed E-state index contributed by atoms with van der Waals surface area (Å²) < 4.78 is 7.88. The highest BCUT2D eigenvalue weighted by Gasteiger charge is 2.23. The zero-order valence-electron chi connectivity index (χ0n) is 11.3. The molecule has 0 spiro atoms. The van der Waals surface area contributed by atoms with Crippen LogP contribution >= 0.6 is 0 Å². The molecule has 0 bridgehead atoms. The molecule has 17 heavy (non-hydrogen) atoms. The molecule has 1 aromatic rings. The number of ether oxygens (including phenoxy) is 1. The molecular formula is C13H23N3O. The van der Waals surface area contributed by atoms with E-state index in [2.05, 4.69) is 41.5 Å². The van der Waals surface area contributed by atoms with Crippen LogP contribution in [-0.2, 0) is 11.3 Å². The van der Waals surface area contributed by atoms with Crippen molar-refractivity contribution in [3.05, 3.63) is 17.5 Å². The first kappa shape index (κ1) is 12.6. The van der Waals surface area contributed by atoms with Crippen molar-refractivity contribution < 1.29 is 4.74 Å². The van der Waals surface area contributed by atoms with Gasteiger partial charge < -0.3 is 4.74 Å². The minimum atomic E-state index is 0.268. The van der Waals surface area contributed by atoms with Crippen molar-refractivity contribution in [3.8, 4) is 0 Å². The Balaban J connectivity index is 1.97. The van der Waals surface area contributed by atoms with Crippen LogP contribution in [0.15, 0.2) is 6.07 Å². The van der Waals surface area contributed by atoms with Gasteiger partial charge in [0.1, 0.15) is 0 Å². The Bertz CT molecular complexity index is 373. The van der Waals surface area contributed by atoms with Gasteiger partial charge in [-0.15, -0.1) is 0 Å². The monoisotopic (exact) mass is 237 g/mol. The van der Waals surface area contributed by atoms with E-state index in [4.69, 9.17) is 4.74 Å². The molecular weight excluding hydrogens is 214 g/mol. The molecule has 0 saturated carbocycles. The quantitative estimate of drug-likeness (QED) is 0.800. The Morgan fingerprint density at radius 1 is 1.47 bits per heavy atom. The van der Waals surface area contributed by atoms with E-state index in [1.54, 1.807) is 0 Å². The van der Waals surface area contributed by atoms with Gasteiger partial charge in [0.2, 0.25) is 0 Å². The predicted molar refractivity (Wildman–Crippen MR) is 68.2 cm³/mol. The van der Waals surface area contributed by atoms with E-state index in [1.165, 1.54) is 5.69 Å². The molecule has 1 aromatic heterocycles. The van der Waals surface area contributed by atoms with Crippen molar-refractivity contribution >= 4 is 0 Å². The summed E-state index contributed by atoms with van der Waals surface area (Å²) in [4.78, 5) is 2.47. The molecule has 1 unspecified atom stereocenters. The van der Waals surface area contributed by atoms with Crippen LogP contribution < -0.4 is 0 Å². The first-order valence-corrected chi connectivity index (χ1v) is 6.43. The zero-order valence-corrected chi connectivity index (χ0v) is 11.3. The van der Waals surface area contributed by atoms with Gasteiger partial charge in [-0.3, -0.25) is 9.58 Å². The van der Waals surface area contributed by atoms with E-state index in [0.717, 1.165) is 31.9 Å². The lowest BCUT2D eigenvalue weighted by atomic mass is 10.2. The zero-order chi connectivity index (χ0) is 12.4. The van der Waals surface area contributed by atoms with Gasteiger partial charge in [0.05, 0.1) is 24.9 Å². The number of rotatable bonds is 3. The molecule has 0 aromatic carbocycles. The third kappa shape index (κ3) is 3.07. The smallest absolute Gasteiger partial charge is 0.0898 e. The van der Waals surface area contributed by atoms with Crippen molar-refractivity contribution in [1.29, 1.82) is 0 Å². The molecule has 2 heterocycles. The largest absolute Gasteiger partial charge is 0.374 e. The number of aryl methyl sites for hydroxylation is 2. The van der Waals surface area contributed by atoms with Crippen LogP contribution in [0.3, 0.4) is 0 Å². The van der Waals surface area contributed by atoms with Gasteiger partial charge in [-0.2, -0.15) is 5.10 Å². The molecule has 1 aliphatic heterocycles. The Morgan fingerprint density at radius 2 is 2.24 bits per heavy atom. The molecule has 0 radical (unpaired) electrons. The third-order valence-electron chi connectivity index (χ3n) is 3.38. The molecule has 1 aliphatic rings. The fraction of sp³-hybridized carbons (Fsp3) is 0.769. The SMILES string of the molecule is Cc1cc(C)n(CC2CN(C(C)C)CCO2)n1. The summed E-state index contributed by atoms with van der Waals surface area (Å²) >= 11 is 0. The van der Waals surface area contributed by atoms with E-state index in [0.29, 0.717) is 6.04 Å². The second-order valence-electron chi connectivity index (χ2n) is 5.19. The van der Waals surface area contributed by atoms with Crippen molar-refractivity contribution in [2.45, 2.75) is 46.4 Å². The molecule has 0 amide bonds. The number of hydrogen-bond acceptors (Lipinski definition) is 3. The van der Waals surface area contributed by atoms with Gasteiger partial charge in [0.25, 0.3) is 0 Å². The molecule has 1 fully saturated rings. The lowest BCUT2D eigenvalue weighted by molar-refractivity contribution is -0.0472. The van der Waals surface area contributed by atoms with E-state index in [-0.39, 0.29) is 6.10 Å². The fourth-order valence-electron chi connectivity index (χ4n) is 2.37. The van der Waals surface area contributed by atoms with Gasteiger partial charge in [-0.05, 0) is 33.8 Å². The molecule has 1 saturated heterocycles. The first-order chi connectivity index (χ1) is 8.06. The van der Waals surface area contributed by atoms with Crippen LogP contribution in [-0.4, -0.2) is 46.5 Å². The standard InChI is InChI=1S/C13H23N3O/c1-10(2)15-5-6-17-13(8-15)9-16-12(4)7-11(3)14-16/h7,10,13H,5-6,8-9H2,1-4H3. The highest BCUT2D eigenvalue weighted by atomic mass is 16.5. The lowest BCUT2D eigenvalue weighted by Crippen LogP contribution is -2.47. The topological polar surface area (TPSA) is 30.3 Å². The third-order valence-corrected chi connectivity index (χ3v) is 3.38. The molecule has 0 aliphatic carbocycles. The summed E-state index contributed by atoms with van der Waals surface area (Å²) in [5.74, 6) is 0.